The Hall–Kier alpha value is -1.02. The maximum atomic E-state index is 11.2. The number of carbonyl (C=O) groups excluding carboxylic acids is 2. The summed E-state index contributed by atoms with van der Waals surface area (Å²) in [7, 11) is -1.02. The average Bonchev–Trinajstić information content (AvgIpc) is 2.12. The number of rotatable bonds is 5. The molecule has 0 fully saturated rings. The topological polar surface area (TPSA) is 101 Å². The van der Waals surface area contributed by atoms with E-state index in [1.54, 1.807) is 6.92 Å². The van der Waals surface area contributed by atoms with Crippen LogP contribution in [0.2, 0.25) is 0 Å². The monoisotopic (exact) mass is 265 g/mol. The van der Waals surface area contributed by atoms with E-state index >= 15 is 0 Å². The highest BCUT2D eigenvalue weighted by molar-refractivity contribution is 7.84. The van der Waals surface area contributed by atoms with E-state index in [0.717, 1.165) is 0 Å². The second kappa shape index (κ2) is 7.29. The highest BCUT2D eigenvalue weighted by Gasteiger charge is 2.16. The van der Waals surface area contributed by atoms with Crippen molar-refractivity contribution >= 4 is 39.8 Å². The summed E-state index contributed by atoms with van der Waals surface area (Å²) in [4.78, 5) is 22.5. The van der Waals surface area contributed by atoms with Gasteiger partial charge in [0.15, 0.2) is 0 Å². The first-order valence-electron chi connectivity index (χ1n) is 4.50. The number of carbonyl (C=O) groups is 2. The fraction of sp³-hybridized carbons (Fsp3) is 0.625. The lowest BCUT2D eigenvalue weighted by Gasteiger charge is -2.11. The highest BCUT2D eigenvalue weighted by atomic mass is 32.2. The number of amides is 2. The summed E-state index contributed by atoms with van der Waals surface area (Å²) in [6, 6.07) is -0.325. The fourth-order valence-electron chi connectivity index (χ4n) is 0.931. The quantitative estimate of drug-likeness (QED) is 0.405. The molecule has 4 N–H and O–H groups in total. The molecular weight excluding hydrogens is 250 g/mol. The van der Waals surface area contributed by atoms with Gasteiger partial charge >= 0.3 is 11.8 Å². The van der Waals surface area contributed by atoms with Crippen LogP contribution in [0.25, 0.3) is 0 Å². The summed E-state index contributed by atoms with van der Waals surface area (Å²) in [6.07, 6.45) is 1.52. The number of nitrogens with two attached hydrogens (primary N) is 1. The third-order valence-electron chi connectivity index (χ3n) is 1.49. The molecule has 0 aliphatic carbocycles. The molecular formula is C8H15N3O3S2. The largest absolute Gasteiger partial charge is 0.392 e. The van der Waals surface area contributed by atoms with E-state index < -0.39 is 22.6 Å². The Morgan fingerprint density at radius 3 is 2.44 bits per heavy atom. The van der Waals surface area contributed by atoms with E-state index in [-0.39, 0.29) is 17.6 Å². The summed E-state index contributed by atoms with van der Waals surface area (Å²) < 4.78 is 10.8. The first-order valence-corrected chi connectivity index (χ1v) is 6.63. The summed E-state index contributed by atoms with van der Waals surface area (Å²) in [5.74, 6) is -1.29. The van der Waals surface area contributed by atoms with E-state index in [2.05, 4.69) is 22.9 Å². The van der Waals surface area contributed by atoms with Gasteiger partial charge in [-0.3, -0.25) is 13.8 Å². The third-order valence-corrected chi connectivity index (χ3v) is 2.61. The molecule has 2 atom stereocenters. The van der Waals surface area contributed by atoms with Crippen molar-refractivity contribution in [3.8, 4) is 0 Å². The predicted molar refractivity (Wildman–Crippen MR) is 66.3 cm³/mol. The molecule has 0 bridgehead atoms. The minimum atomic E-state index is -1.02. The molecule has 0 saturated heterocycles. The SMILES string of the molecule is CC(CS(C)=O)NC(=O)C(=O)NCC(N)=S. The van der Waals surface area contributed by atoms with Crippen LogP contribution in [-0.4, -0.2) is 45.6 Å². The second-order valence-corrected chi connectivity index (χ2v) is 5.27. The summed E-state index contributed by atoms with van der Waals surface area (Å²) in [5, 5.41) is 4.65. The summed E-state index contributed by atoms with van der Waals surface area (Å²) in [6.45, 7) is 1.65. The van der Waals surface area contributed by atoms with Crippen molar-refractivity contribution in [2.24, 2.45) is 5.73 Å². The molecule has 0 saturated carbocycles. The van der Waals surface area contributed by atoms with Crippen molar-refractivity contribution in [1.29, 1.82) is 0 Å². The van der Waals surface area contributed by atoms with Gasteiger partial charge in [-0.2, -0.15) is 0 Å². The van der Waals surface area contributed by atoms with Crippen molar-refractivity contribution in [2.75, 3.05) is 18.6 Å². The van der Waals surface area contributed by atoms with Gasteiger partial charge in [0.05, 0.1) is 11.5 Å². The molecule has 6 nitrogen and oxygen atoms in total. The predicted octanol–water partition coefficient (Wildman–Crippen LogP) is -1.73. The van der Waals surface area contributed by atoms with Crippen LogP contribution in [0.1, 0.15) is 6.92 Å². The Morgan fingerprint density at radius 1 is 1.44 bits per heavy atom. The van der Waals surface area contributed by atoms with Crippen LogP contribution >= 0.6 is 12.2 Å². The first-order chi connectivity index (χ1) is 7.32. The number of thiocarbonyl (C=S) groups is 1. The van der Waals surface area contributed by atoms with Gasteiger partial charge in [0.1, 0.15) is 0 Å². The van der Waals surface area contributed by atoms with Gasteiger partial charge in [0.25, 0.3) is 0 Å². The van der Waals surface area contributed by atoms with Gasteiger partial charge in [0, 0.05) is 28.9 Å². The smallest absolute Gasteiger partial charge is 0.309 e. The zero-order valence-electron chi connectivity index (χ0n) is 9.11. The van der Waals surface area contributed by atoms with Crippen LogP contribution in [0.3, 0.4) is 0 Å². The number of hydrogen-bond acceptors (Lipinski definition) is 4. The van der Waals surface area contributed by atoms with Crippen LogP contribution in [0.4, 0.5) is 0 Å². The van der Waals surface area contributed by atoms with Crippen molar-refractivity contribution in [3.63, 3.8) is 0 Å². The van der Waals surface area contributed by atoms with Crippen LogP contribution in [0, 0.1) is 0 Å². The van der Waals surface area contributed by atoms with E-state index in [9.17, 15) is 13.8 Å². The van der Waals surface area contributed by atoms with Gasteiger partial charge in [-0.1, -0.05) is 12.2 Å². The first kappa shape index (κ1) is 15.0. The maximum Gasteiger partial charge on any atom is 0.309 e. The van der Waals surface area contributed by atoms with E-state index in [1.165, 1.54) is 6.26 Å². The summed E-state index contributed by atoms with van der Waals surface area (Å²) in [5.41, 5.74) is 5.15. The zero-order chi connectivity index (χ0) is 12.7. The highest BCUT2D eigenvalue weighted by Crippen LogP contribution is 1.85. The second-order valence-electron chi connectivity index (χ2n) is 3.26. The molecule has 0 aromatic heterocycles. The molecule has 0 aliphatic rings. The molecule has 92 valence electrons. The molecule has 0 heterocycles. The van der Waals surface area contributed by atoms with Crippen LogP contribution in [0.5, 0.6) is 0 Å². The van der Waals surface area contributed by atoms with Crippen LogP contribution in [-0.2, 0) is 20.4 Å². The van der Waals surface area contributed by atoms with E-state index in [4.69, 9.17) is 5.73 Å². The van der Waals surface area contributed by atoms with E-state index in [0.29, 0.717) is 5.75 Å². The maximum absolute atomic E-state index is 11.2. The molecule has 2 unspecified atom stereocenters. The molecule has 0 rings (SSSR count). The van der Waals surface area contributed by atoms with Crippen molar-refractivity contribution in [2.45, 2.75) is 13.0 Å². The standard InChI is InChI=1S/C8H15N3O3S2/c1-5(4-16(2)14)11-8(13)7(12)10-3-6(9)15/h5H,3-4H2,1-2H3,(H2,9,15)(H,10,12)(H,11,13). The Balaban J connectivity index is 4.00. The lowest BCUT2D eigenvalue weighted by molar-refractivity contribution is -0.139. The summed E-state index contributed by atoms with van der Waals surface area (Å²) >= 11 is 4.54. The Labute approximate surface area is 102 Å². The van der Waals surface area contributed by atoms with Gasteiger partial charge in [-0.25, -0.2) is 0 Å². The Bertz CT molecular complexity index is 320. The van der Waals surface area contributed by atoms with Gasteiger partial charge < -0.3 is 16.4 Å². The van der Waals surface area contributed by atoms with Crippen molar-refractivity contribution < 1.29 is 13.8 Å². The third kappa shape index (κ3) is 7.30. The Kier molecular flexibility index (Phi) is 6.82. The minimum absolute atomic E-state index is 0.0182. The van der Waals surface area contributed by atoms with Gasteiger partial charge in [0.2, 0.25) is 0 Å². The normalized spacial score (nSPS) is 13.6. The minimum Gasteiger partial charge on any atom is -0.392 e. The number of nitrogens with one attached hydrogen (secondary N) is 2. The molecule has 16 heavy (non-hydrogen) atoms. The molecule has 0 aliphatic heterocycles. The zero-order valence-corrected chi connectivity index (χ0v) is 10.7. The van der Waals surface area contributed by atoms with Gasteiger partial charge in [-0.15, -0.1) is 0 Å². The van der Waals surface area contributed by atoms with Crippen molar-refractivity contribution in [3.05, 3.63) is 0 Å². The lowest BCUT2D eigenvalue weighted by atomic mass is 10.4. The fourth-order valence-corrected chi connectivity index (χ4v) is 1.79. The van der Waals surface area contributed by atoms with E-state index in [1.807, 2.05) is 0 Å². The number of hydrogen-bond donors (Lipinski definition) is 3. The average molecular weight is 265 g/mol. The molecule has 0 aromatic carbocycles. The molecule has 0 radical (unpaired) electrons. The van der Waals surface area contributed by atoms with Crippen LogP contribution < -0.4 is 16.4 Å². The Morgan fingerprint density at radius 2 is 2.00 bits per heavy atom. The molecule has 2 amide bonds. The van der Waals surface area contributed by atoms with Gasteiger partial charge in [-0.05, 0) is 6.92 Å². The molecule has 8 heteroatoms. The molecule has 0 aromatic rings. The van der Waals surface area contributed by atoms with Crippen molar-refractivity contribution in [1.82, 2.24) is 10.6 Å². The molecule has 0 spiro atoms. The lowest BCUT2D eigenvalue weighted by Crippen LogP contribution is -2.46. The van der Waals surface area contributed by atoms with Crippen LogP contribution in [0.15, 0.2) is 0 Å².